The van der Waals surface area contributed by atoms with Crippen molar-refractivity contribution in [1.82, 2.24) is 0 Å². The Labute approximate surface area is 87.7 Å². The highest BCUT2D eigenvalue weighted by Gasteiger charge is 2.36. The van der Waals surface area contributed by atoms with Gasteiger partial charge in [-0.2, -0.15) is 0 Å². The molecule has 0 saturated heterocycles. The molecule has 0 N–H and O–H groups in total. The fourth-order valence-corrected chi connectivity index (χ4v) is 4.69. The Morgan fingerprint density at radius 1 is 1.21 bits per heavy atom. The summed E-state index contributed by atoms with van der Waals surface area (Å²) in [6.07, 6.45) is 2.75. The van der Waals surface area contributed by atoms with Gasteiger partial charge in [-0.1, -0.05) is 53.8 Å². The van der Waals surface area contributed by atoms with Crippen molar-refractivity contribution in [2.75, 3.05) is 0 Å². The molecule has 2 rings (SSSR count). The maximum absolute atomic E-state index is 4.33. The second kappa shape index (κ2) is 3.39. The van der Waals surface area contributed by atoms with E-state index in [1.807, 2.05) is 0 Å². The normalized spacial score (nSPS) is 16.7. The number of hydrogen-bond donors (Lipinski definition) is 0. The molecule has 0 bridgehead atoms. The largest absolute Gasteiger partial charge is 0.107 e. The molecule has 0 unspecified atom stereocenters. The summed E-state index contributed by atoms with van der Waals surface area (Å²) in [4.78, 5) is 0. The highest BCUT2D eigenvalue weighted by molar-refractivity contribution is 6.95. The van der Waals surface area contributed by atoms with Gasteiger partial charge in [0.15, 0.2) is 0 Å². The third-order valence-corrected chi connectivity index (χ3v) is 7.16. The van der Waals surface area contributed by atoms with Gasteiger partial charge in [0.1, 0.15) is 8.07 Å². The minimum Gasteiger partial charge on any atom is -0.103 e. The number of rotatable bonds is 3. The predicted molar refractivity (Wildman–Crippen MR) is 65.4 cm³/mol. The zero-order chi connectivity index (χ0) is 10.2. The van der Waals surface area contributed by atoms with E-state index in [2.05, 4.69) is 50.0 Å². The Balaban J connectivity index is 2.27. The summed E-state index contributed by atoms with van der Waals surface area (Å²) in [7, 11) is -1.38. The number of allylic oxidation sites excluding steroid dienone is 1. The van der Waals surface area contributed by atoms with Crippen molar-refractivity contribution in [3.63, 3.8) is 0 Å². The van der Waals surface area contributed by atoms with Crippen molar-refractivity contribution in [2.24, 2.45) is 5.92 Å². The van der Waals surface area contributed by atoms with Gasteiger partial charge in [-0.25, -0.2) is 0 Å². The standard InChI is InChI=1S/C13H18Si/c1-11(12-9-10-12)14(2,3)13-7-5-4-6-8-13/h4-8,12H,1,9-10H2,2-3H3. The van der Waals surface area contributed by atoms with E-state index in [-0.39, 0.29) is 0 Å². The second-order valence-corrected chi connectivity index (χ2v) is 9.26. The van der Waals surface area contributed by atoms with Crippen LogP contribution >= 0.6 is 0 Å². The quantitative estimate of drug-likeness (QED) is 0.661. The molecule has 0 nitrogen and oxygen atoms in total. The fraction of sp³-hybridized carbons (Fsp3) is 0.385. The van der Waals surface area contributed by atoms with Gasteiger partial charge in [0, 0.05) is 0 Å². The van der Waals surface area contributed by atoms with E-state index < -0.39 is 8.07 Å². The fourth-order valence-electron chi connectivity index (χ4n) is 1.98. The van der Waals surface area contributed by atoms with Gasteiger partial charge in [0.25, 0.3) is 0 Å². The molecule has 1 aliphatic rings. The van der Waals surface area contributed by atoms with Gasteiger partial charge in [-0.05, 0) is 18.8 Å². The van der Waals surface area contributed by atoms with E-state index in [1.165, 1.54) is 18.0 Å². The molecule has 0 heterocycles. The van der Waals surface area contributed by atoms with Crippen LogP contribution in [0.25, 0.3) is 0 Å². The Bertz CT molecular complexity index is 334. The minimum absolute atomic E-state index is 0.844. The van der Waals surface area contributed by atoms with Crippen molar-refractivity contribution in [2.45, 2.75) is 25.9 Å². The Morgan fingerprint density at radius 3 is 2.29 bits per heavy atom. The molecule has 1 heteroatoms. The molecule has 0 atom stereocenters. The average molecular weight is 202 g/mol. The van der Waals surface area contributed by atoms with Crippen molar-refractivity contribution in [1.29, 1.82) is 0 Å². The Kier molecular flexibility index (Phi) is 2.36. The van der Waals surface area contributed by atoms with Crippen LogP contribution in [0.4, 0.5) is 0 Å². The van der Waals surface area contributed by atoms with Crippen LogP contribution in [0, 0.1) is 5.92 Å². The summed E-state index contributed by atoms with van der Waals surface area (Å²) < 4.78 is 0. The molecule has 1 fully saturated rings. The molecule has 0 spiro atoms. The van der Waals surface area contributed by atoms with E-state index in [1.54, 1.807) is 5.20 Å². The van der Waals surface area contributed by atoms with Gasteiger partial charge in [-0.3, -0.25) is 0 Å². The lowest BCUT2D eigenvalue weighted by atomic mass is 10.4. The van der Waals surface area contributed by atoms with E-state index in [4.69, 9.17) is 0 Å². The van der Waals surface area contributed by atoms with E-state index >= 15 is 0 Å². The number of hydrogen-bond acceptors (Lipinski definition) is 0. The first-order valence-electron chi connectivity index (χ1n) is 5.37. The van der Waals surface area contributed by atoms with Crippen molar-refractivity contribution >= 4 is 13.3 Å². The van der Waals surface area contributed by atoms with Crippen LogP contribution < -0.4 is 5.19 Å². The predicted octanol–water partition coefficient (Wildman–Crippen LogP) is 3.11. The van der Waals surface area contributed by atoms with E-state index in [9.17, 15) is 0 Å². The molecule has 0 aliphatic heterocycles. The molecule has 1 aromatic carbocycles. The van der Waals surface area contributed by atoms with Crippen LogP contribution in [0.5, 0.6) is 0 Å². The van der Waals surface area contributed by atoms with Gasteiger partial charge in [0.05, 0.1) is 0 Å². The highest BCUT2D eigenvalue weighted by Crippen LogP contribution is 2.39. The van der Waals surface area contributed by atoms with Gasteiger partial charge < -0.3 is 0 Å². The lowest BCUT2D eigenvalue weighted by Crippen LogP contribution is -2.44. The first-order valence-corrected chi connectivity index (χ1v) is 8.37. The summed E-state index contributed by atoms with van der Waals surface area (Å²) >= 11 is 0. The molecule has 1 aliphatic carbocycles. The molecule has 0 radical (unpaired) electrons. The molecule has 14 heavy (non-hydrogen) atoms. The van der Waals surface area contributed by atoms with Crippen LogP contribution in [0.1, 0.15) is 12.8 Å². The summed E-state index contributed by atoms with van der Waals surface area (Å²) in [6, 6.07) is 10.9. The first-order chi connectivity index (χ1) is 6.62. The van der Waals surface area contributed by atoms with Crippen LogP contribution in [-0.2, 0) is 0 Å². The van der Waals surface area contributed by atoms with Crippen molar-refractivity contribution in [3.05, 3.63) is 42.1 Å². The minimum atomic E-state index is -1.38. The Morgan fingerprint density at radius 2 is 1.79 bits per heavy atom. The van der Waals surface area contributed by atoms with Gasteiger partial charge >= 0.3 is 0 Å². The third-order valence-electron chi connectivity index (χ3n) is 3.37. The summed E-state index contributed by atoms with van der Waals surface area (Å²) in [6.45, 7) is 9.17. The summed E-state index contributed by atoms with van der Waals surface area (Å²) in [5, 5.41) is 3.07. The van der Waals surface area contributed by atoms with Crippen LogP contribution in [0.2, 0.25) is 13.1 Å². The topological polar surface area (TPSA) is 0 Å². The monoisotopic (exact) mass is 202 g/mol. The zero-order valence-electron chi connectivity index (χ0n) is 9.09. The lowest BCUT2D eigenvalue weighted by molar-refractivity contribution is 1.08. The van der Waals surface area contributed by atoms with Crippen LogP contribution in [0.3, 0.4) is 0 Å². The highest BCUT2D eigenvalue weighted by atomic mass is 28.3. The molecular weight excluding hydrogens is 184 g/mol. The summed E-state index contributed by atoms with van der Waals surface area (Å²) in [5.74, 6) is 0.844. The lowest BCUT2D eigenvalue weighted by Gasteiger charge is -2.25. The molecule has 0 aromatic heterocycles. The molecular formula is C13H18Si. The Hall–Kier alpha value is -0.823. The van der Waals surface area contributed by atoms with Crippen molar-refractivity contribution < 1.29 is 0 Å². The van der Waals surface area contributed by atoms with Crippen LogP contribution in [-0.4, -0.2) is 8.07 Å². The molecule has 0 amide bonds. The van der Waals surface area contributed by atoms with Gasteiger partial charge in [0.2, 0.25) is 0 Å². The second-order valence-electron chi connectivity index (χ2n) is 4.79. The average Bonchev–Trinajstić information content (AvgIpc) is 3.01. The summed E-state index contributed by atoms with van der Waals surface area (Å²) in [5.41, 5.74) is 0. The number of benzene rings is 1. The first kappa shape index (κ1) is 9.72. The maximum Gasteiger partial charge on any atom is 0.107 e. The molecule has 1 saturated carbocycles. The maximum atomic E-state index is 4.33. The van der Waals surface area contributed by atoms with E-state index in [0.29, 0.717) is 0 Å². The van der Waals surface area contributed by atoms with Crippen molar-refractivity contribution in [3.8, 4) is 0 Å². The molecule has 74 valence electrons. The molecule has 1 aromatic rings. The smallest absolute Gasteiger partial charge is 0.103 e. The van der Waals surface area contributed by atoms with Gasteiger partial charge in [-0.15, -0.1) is 6.58 Å². The van der Waals surface area contributed by atoms with E-state index in [0.717, 1.165) is 5.92 Å². The zero-order valence-corrected chi connectivity index (χ0v) is 10.1. The SMILES string of the molecule is C=C(C1CC1)[Si](C)(C)c1ccccc1. The van der Waals surface area contributed by atoms with Crippen LogP contribution in [0.15, 0.2) is 42.1 Å². The third kappa shape index (κ3) is 1.69.